The number of pyridine rings is 1. The number of benzene rings is 3. The SMILES string of the molecule is CC(=O)CCCCCCN(CCCc1cc(Cl)cc(Cl)c1)S(C)(=O)=O.CC(=O)COc1cccc(CN(Cc2ccc(-n3cccn3)cc2)S(=O)(=O)c2cccnc2)c1. The molecule has 2 heterocycles. The zero-order chi connectivity index (χ0) is 42.8. The summed E-state index contributed by atoms with van der Waals surface area (Å²) in [6.07, 6.45) is 13.3. The lowest BCUT2D eigenvalue weighted by molar-refractivity contribution is -0.119. The summed E-state index contributed by atoms with van der Waals surface area (Å²) in [4.78, 5) is 26.2. The van der Waals surface area contributed by atoms with E-state index in [4.69, 9.17) is 27.9 Å². The number of halogens is 2. The minimum atomic E-state index is -3.83. The van der Waals surface area contributed by atoms with Crippen LogP contribution in [0.25, 0.3) is 5.69 Å². The van der Waals surface area contributed by atoms with Crippen molar-refractivity contribution in [2.24, 2.45) is 0 Å². The minimum absolute atomic E-state index is 0.0379. The maximum atomic E-state index is 13.5. The summed E-state index contributed by atoms with van der Waals surface area (Å²) < 4.78 is 61.0. The third-order valence-corrected chi connectivity index (χ3v) is 12.5. The molecule has 0 spiro atoms. The molecular formula is C43H51Cl2N5O7S2. The number of rotatable bonds is 22. The molecule has 0 bridgehead atoms. The molecule has 0 aliphatic heterocycles. The number of aromatic nitrogens is 3. The van der Waals surface area contributed by atoms with Crippen LogP contribution in [0.15, 0.2) is 115 Å². The summed E-state index contributed by atoms with van der Waals surface area (Å²) in [7, 11) is -7.05. The molecule has 0 amide bonds. The molecule has 2 aromatic heterocycles. The van der Waals surface area contributed by atoms with Crippen LogP contribution in [0.1, 0.15) is 69.1 Å². The Morgan fingerprint density at radius 2 is 1.41 bits per heavy atom. The van der Waals surface area contributed by atoms with E-state index >= 15 is 0 Å². The van der Waals surface area contributed by atoms with Crippen LogP contribution in [0, 0.1) is 0 Å². The molecule has 5 aromatic rings. The van der Waals surface area contributed by atoms with Gasteiger partial charge in [0.25, 0.3) is 0 Å². The van der Waals surface area contributed by atoms with Gasteiger partial charge in [-0.25, -0.2) is 25.8 Å². The molecule has 3 aromatic carbocycles. The lowest BCUT2D eigenvalue weighted by Gasteiger charge is -2.23. The molecular weight excluding hydrogens is 834 g/mol. The number of hydrogen-bond donors (Lipinski definition) is 0. The molecule has 0 aliphatic carbocycles. The molecule has 0 saturated carbocycles. The van der Waals surface area contributed by atoms with E-state index in [1.165, 1.54) is 40.2 Å². The molecule has 16 heteroatoms. The van der Waals surface area contributed by atoms with Crippen LogP contribution in [0.4, 0.5) is 0 Å². The Balaban J connectivity index is 0.000000275. The number of ketones is 2. The van der Waals surface area contributed by atoms with Gasteiger partial charge in [-0.1, -0.05) is 60.3 Å². The van der Waals surface area contributed by atoms with E-state index in [0.717, 1.165) is 54.5 Å². The Kier molecular flexibility index (Phi) is 18.7. The van der Waals surface area contributed by atoms with Crippen LogP contribution in [0.5, 0.6) is 5.75 Å². The third-order valence-electron chi connectivity index (χ3n) is 8.99. The average Bonchev–Trinajstić information content (AvgIpc) is 3.73. The van der Waals surface area contributed by atoms with Gasteiger partial charge in [-0.3, -0.25) is 9.78 Å². The number of aryl methyl sites for hydroxylation is 1. The Labute approximate surface area is 358 Å². The van der Waals surface area contributed by atoms with Crippen molar-refractivity contribution in [2.75, 3.05) is 26.0 Å². The quantitative estimate of drug-likeness (QED) is 0.0626. The Morgan fingerprint density at radius 3 is 2.03 bits per heavy atom. The molecule has 0 fully saturated rings. The van der Waals surface area contributed by atoms with Crippen LogP contribution in [-0.4, -0.2) is 77.7 Å². The molecule has 0 saturated heterocycles. The number of carbonyl (C=O) groups excluding carboxylic acids is 2. The van der Waals surface area contributed by atoms with Crippen molar-refractivity contribution in [2.45, 2.75) is 76.8 Å². The third kappa shape index (κ3) is 16.6. The van der Waals surface area contributed by atoms with Crippen LogP contribution in [0.3, 0.4) is 0 Å². The van der Waals surface area contributed by atoms with Gasteiger partial charge >= 0.3 is 0 Å². The summed E-state index contributed by atoms with van der Waals surface area (Å²) in [6, 6.07) is 25.0. The van der Waals surface area contributed by atoms with E-state index in [0.29, 0.717) is 41.7 Å². The van der Waals surface area contributed by atoms with Gasteiger partial charge in [0.2, 0.25) is 20.0 Å². The Morgan fingerprint density at radius 1 is 0.712 bits per heavy atom. The van der Waals surface area contributed by atoms with Crippen molar-refractivity contribution < 1.29 is 31.2 Å². The van der Waals surface area contributed by atoms with Crippen molar-refractivity contribution in [1.82, 2.24) is 23.4 Å². The van der Waals surface area contributed by atoms with Gasteiger partial charge in [0.15, 0.2) is 5.78 Å². The first-order chi connectivity index (χ1) is 28.1. The van der Waals surface area contributed by atoms with E-state index in [1.807, 2.05) is 54.7 Å². The van der Waals surface area contributed by atoms with Crippen molar-refractivity contribution in [1.29, 1.82) is 0 Å². The lowest BCUT2D eigenvalue weighted by atomic mass is 10.1. The van der Waals surface area contributed by atoms with Gasteiger partial charge in [0, 0.05) is 67.4 Å². The number of Topliss-reactive ketones (excluding diaryl/α,β-unsaturated/α-hetero) is 2. The number of ether oxygens (including phenoxy) is 1. The zero-order valence-corrected chi connectivity index (χ0v) is 36.7. The summed E-state index contributed by atoms with van der Waals surface area (Å²) >= 11 is 12.0. The van der Waals surface area contributed by atoms with Gasteiger partial charge in [0.1, 0.15) is 23.0 Å². The fraction of sp³-hybridized carbons (Fsp3) is 0.349. The summed E-state index contributed by atoms with van der Waals surface area (Å²) in [5, 5.41) is 5.40. The highest BCUT2D eigenvalue weighted by molar-refractivity contribution is 7.89. The highest BCUT2D eigenvalue weighted by atomic mass is 35.5. The average molecular weight is 885 g/mol. The van der Waals surface area contributed by atoms with Crippen LogP contribution in [0.2, 0.25) is 10.0 Å². The van der Waals surface area contributed by atoms with Crippen LogP contribution >= 0.6 is 23.2 Å². The maximum Gasteiger partial charge on any atom is 0.245 e. The summed E-state index contributed by atoms with van der Waals surface area (Å²) in [6.45, 7) is 4.29. The van der Waals surface area contributed by atoms with Crippen molar-refractivity contribution >= 4 is 54.8 Å². The molecule has 0 aliphatic rings. The van der Waals surface area contributed by atoms with Crippen molar-refractivity contribution in [3.63, 3.8) is 0 Å². The molecule has 316 valence electrons. The second-order valence-corrected chi connectivity index (χ2v) is 18.9. The van der Waals surface area contributed by atoms with Crippen LogP contribution < -0.4 is 4.74 Å². The van der Waals surface area contributed by atoms with Crippen LogP contribution in [-0.2, 0) is 49.1 Å². The fourth-order valence-electron chi connectivity index (χ4n) is 6.05. The second kappa shape index (κ2) is 23.4. The largest absolute Gasteiger partial charge is 0.486 e. The first kappa shape index (κ1) is 47.2. The topological polar surface area (TPSA) is 149 Å². The maximum absolute atomic E-state index is 13.5. The van der Waals surface area contributed by atoms with E-state index < -0.39 is 20.0 Å². The zero-order valence-electron chi connectivity index (χ0n) is 33.5. The monoisotopic (exact) mass is 883 g/mol. The van der Waals surface area contributed by atoms with E-state index in [9.17, 15) is 26.4 Å². The predicted molar refractivity (Wildman–Crippen MR) is 232 cm³/mol. The smallest absolute Gasteiger partial charge is 0.245 e. The fourth-order valence-corrected chi connectivity index (χ4v) is 8.92. The normalized spacial score (nSPS) is 11.6. The van der Waals surface area contributed by atoms with Crippen molar-refractivity contribution in [3.05, 3.63) is 136 Å². The standard InChI is InChI=1S/C25H24N4O4S.C18H27Cl2NO3S/c1-20(30)19-33-24-6-2-5-22(15-24)18-28(34(31,32)25-7-3-12-26-16-25)17-21-8-10-23(11-9-21)29-14-4-13-27-29;1-15(22)8-5-3-4-6-10-21(25(2,23)24)11-7-9-16-12-17(19)14-18(20)13-16/h2-16H,17-19H2,1H3;12-14H,3-11H2,1-2H3. The molecule has 0 atom stereocenters. The second-order valence-electron chi connectivity index (χ2n) is 14.1. The van der Waals surface area contributed by atoms with Gasteiger partial charge in [-0.05, 0) is 117 Å². The van der Waals surface area contributed by atoms with Gasteiger partial charge < -0.3 is 9.53 Å². The van der Waals surface area contributed by atoms with E-state index in [1.54, 1.807) is 48.1 Å². The van der Waals surface area contributed by atoms with E-state index in [-0.39, 0.29) is 36.2 Å². The highest BCUT2D eigenvalue weighted by Gasteiger charge is 2.25. The van der Waals surface area contributed by atoms with Gasteiger partial charge in [-0.2, -0.15) is 9.40 Å². The molecule has 59 heavy (non-hydrogen) atoms. The Bertz CT molecular complexity index is 2290. The molecule has 0 radical (unpaired) electrons. The van der Waals surface area contributed by atoms with Crippen molar-refractivity contribution in [3.8, 4) is 11.4 Å². The molecule has 12 nitrogen and oxygen atoms in total. The van der Waals surface area contributed by atoms with Gasteiger partial charge in [-0.15, -0.1) is 0 Å². The minimum Gasteiger partial charge on any atom is -0.486 e. The number of sulfonamides is 2. The molecule has 0 N–H and O–H groups in total. The lowest BCUT2D eigenvalue weighted by Crippen LogP contribution is -2.32. The van der Waals surface area contributed by atoms with E-state index in [2.05, 4.69) is 10.1 Å². The summed E-state index contributed by atoms with van der Waals surface area (Å²) in [5.41, 5.74) is 3.45. The predicted octanol–water partition coefficient (Wildman–Crippen LogP) is 8.35. The first-order valence-corrected chi connectivity index (χ1v) is 23.2. The first-order valence-electron chi connectivity index (χ1n) is 19.2. The summed E-state index contributed by atoms with van der Waals surface area (Å²) in [5.74, 6) is 0.624. The number of unbranched alkanes of at least 4 members (excludes halogenated alkanes) is 3. The number of nitrogens with zero attached hydrogens (tertiary/aromatic N) is 5. The number of hydrogen-bond acceptors (Lipinski definition) is 9. The van der Waals surface area contributed by atoms with Gasteiger partial charge in [0.05, 0.1) is 11.9 Å². The Hall–Kier alpha value is -4.44. The number of carbonyl (C=O) groups is 2. The highest BCUT2D eigenvalue weighted by Crippen LogP contribution is 2.24. The molecule has 0 unspecified atom stereocenters. The molecule has 5 rings (SSSR count).